The normalized spacial score (nSPS) is 12.0. The molecule has 0 aliphatic rings. The third-order valence-electron chi connectivity index (χ3n) is 8.78. The molecule has 0 amide bonds. The maximum atomic E-state index is 4.11. The van der Waals surface area contributed by atoms with E-state index >= 15 is 0 Å². The van der Waals surface area contributed by atoms with Gasteiger partial charge in [0.25, 0.3) is 0 Å². The summed E-state index contributed by atoms with van der Waals surface area (Å²) in [6, 6.07) is 47.7. The minimum absolute atomic E-state index is 0.781. The van der Waals surface area contributed by atoms with Crippen LogP contribution >= 0.6 is 0 Å². The largest absolute Gasteiger partial charge is 0.358 e. The Morgan fingerprint density at radius 1 is 0.644 bits per heavy atom. The van der Waals surface area contributed by atoms with Crippen molar-refractivity contribution >= 4 is 44.4 Å². The van der Waals surface area contributed by atoms with Gasteiger partial charge < -0.3 is 14.1 Å². The Morgan fingerprint density at radius 2 is 1.27 bits per heavy atom. The van der Waals surface area contributed by atoms with Crippen molar-refractivity contribution in [1.29, 1.82) is 0 Å². The molecule has 1 N–H and O–H groups in total. The number of nitrogens with zero attached hydrogens (tertiary/aromatic N) is 2. The van der Waals surface area contributed by atoms with Crippen molar-refractivity contribution in [3.05, 3.63) is 181 Å². The van der Waals surface area contributed by atoms with E-state index in [4.69, 9.17) is 0 Å². The number of rotatable bonds is 8. The van der Waals surface area contributed by atoms with Gasteiger partial charge >= 0.3 is 0 Å². The minimum Gasteiger partial charge on any atom is -0.358 e. The first-order valence-electron chi connectivity index (χ1n) is 15.5. The fraction of sp³-hybridized carbons (Fsp3) is 0.0476. The van der Waals surface area contributed by atoms with E-state index in [1.54, 1.807) is 0 Å². The van der Waals surface area contributed by atoms with Gasteiger partial charge in [0, 0.05) is 63.1 Å². The number of fused-ring (bicyclic) bond motifs is 3. The number of benzene rings is 5. The molecule has 0 saturated heterocycles. The smallest absolute Gasteiger partial charge is 0.0528 e. The first kappa shape index (κ1) is 26.8. The molecule has 0 saturated carbocycles. The molecule has 0 atom stereocenters. The summed E-state index contributed by atoms with van der Waals surface area (Å²) >= 11 is 0. The molecule has 3 heteroatoms. The van der Waals surface area contributed by atoms with Crippen molar-refractivity contribution < 1.29 is 0 Å². The average molecular weight is 580 g/mol. The van der Waals surface area contributed by atoms with E-state index in [2.05, 4.69) is 173 Å². The van der Waals surface area contributed by atoms with Crippen LogP contribution < -0.4 is 0 Å². The van der Waals surface area contributed by atoms with Crippen molar-refractivity contribution in [2.75, 3.05) is 0 Å². The highest BCUT2D eigenvalue weighted by atomic mass is 15.0. The fourth-order valence-electron chi connectivity index (χ4n) is 6.59. The highest BCUT2D eigenvalue weighted by molar-refractivity contribution is 5.97. The standard InChI is InChI=1S/C42H33N3/c1-2-11-31(32-19-21-42-34(28-32)23-25-45(42)36-14-7-4-8-15-36)29-38-37-16-9-10-17-39(37)43-40(38)27-30-18-20-41-33(26-30)22-24-44(41)35-12-5-3-6-13-35/h2-10,12-26,28-29,43H,1,11,27H2. The number of H-pyrrole nitrogens is 1. The van der Waals surface area contributed by atoms with Gasteiger partial charge in [-0.2, -0.15) is 0 Å². The monoisotopic (exact) mass is 579 g/mol. The van der Waals surface area contributed by atoms with Crippen LogP contribution in [0.3, 0.4) is 0 Å². The van der Waals surface area contributed by atoms with Crippen LogP contribution in [0.5, 0.6) is 0 Å². The average Bonchev–Trinajstić information content (AvgIpc) is 3.80. The SMILES string of the molecule is C=CCC(=Cc1c(Cc2ccc3c(ccn3-c3ccccc3)c2)[nH]c2ccccc12)c1ccc2c(ccn2-c2ccccc2)c1. The zero-order valence-electron chi connectivity index (χ0n) is 25.0. The molecule has 216 valence electrons. The Balaban J connectivity index is 1.18. The molecule has 0 bridgehead atoms. The predicted molar refractivity (Wildman–Crippen MR) is 190 cm³/mol. The van der Waals surface area contributed by atoms with Crippen LogP contribution in [0.15, 0.2) is 159 Å². The maximum Gasteiger partial charge on any atom is 0.0528 e. The van der Waals surface area contributed by atoms with Gasteiger partial charge in [0.15, 0.2) is 0 Å². The Hall–Kier alpha value is -5.80. The lowest BCUT2D eigenvalue weighted by Crippen LogP contribution is -1.94. The van der Waals surface area contributed by atoms with Crippen LogP contribution in [-0.2, 0) is 6.42 Å². The summed E-state index contributed by atoms with van der Waals surface area (Å²) in [7, 11) is 0. The molecule has 8 rings (SSSR count). The molecule has 5 aromatic carbocycles. The molecule has 45 heavy (non-hydrogen) atoms. The van der Waals surface area contributed by atoms with E-state index < -0.39 is 0 Å². The first-order valence-corrected chi connectivity index (χ1v) is 15.5. The van der Waals surface area contributed by atoms with Crippen molar-refractivity contribution in [2.45, 2.75) is 12.8 Å². The number of aromatic nitrogens is 3. The van der Waals surface area contributed by atoms with Crippen LogP contribution in [0.2, 0.25) is 0 Å². The summed E-state index contributed by atoms with van der Waals surface area (Å²) in [4.78, 5) is 3.76. The zero-order valence-corrected chi connectivity index (χ0v) is 25.0. The van der Waals surface area contributed by atoms with Crippen LogP contribution in [0, 0.1) is 0 Å². The molecule has 0 fully saturated rings. The highest BCUT2D eigenvalue weighted by Gasteiger charge is 2.14. The van der Waals surface area contributed by atoms with Gasteiger partial charge in [0.2, 0.25) is 0 Å². The quantitative estimate of drug-likeness (QED) is 0.173. The van der Waals surface area contributed by atoms with Crippen molar-refractivity contribution in [3.8, 4) is 11.4 Å². The molecular weight excluding hydrogens is 546 g/mol. The van der Waals surface area contributed by atoms with Gasteiger partial charge in [-0.05, 0) is 95.9 Å². The van der Waals surface area contributed by atoms with Gasteiger partial charge in [-0.3, -0.25) is 0 Å². The second kappa shape index (κ2) is 11.4. The summed E-state index contributed by atoms with van der Waals surface area (Å²) in [5, 5.41) is 3.70. The molecule has 3 aromatic heterocycles. The van der Waals surface area contributed by atoms with Gasteiger partial charge in [0.1, 0.15) is 0 Å². The topological polar surface area (TPSA) is 25.6 Å². The molecular formula is C42H33N3. The number of aromatic amines is 1. The number of nitrogens with one attached hydrogen (secondary N) is 1. The molecule has 0 unspecified atom stereocenters. The van der Waals surface area contributed by atoms with Crippen molar-refractivity contribution in [2.24, 2.45) is 0 Å². The van der Waals surface area contributed by atoms with Crippen LogP contribution in [0.1, 0.15) is 28.8 Å². The first-order chi connectivity index (χ1) is 22.2. The Bertz CT molecular complexity index is 2330. The number of allylic oxidation sites excluding steroid dienone is 2. The number of hydrogen-bond donors (Lipinski definition) is 1. The summed E-state index contributed by atoms with van der Waals surface area (Å²) < 4.78 is 4.50. The summed E-state index contributed by atoms with van der Waals surface area (Å²) in [5.74, 6) is 0. The highest BCUT2D eigenvalue weighted by Crippen LogP contribution is 2.33. The lowest BCUT2D eigenvalue weighted by atomic mass is 9.96. The third kappa shape index (κ3) is 4.99. The lowest BCUT2D eigenvalue weighted by molar-refractivity contribution is 1.11. The maximum absolute atomic E-state index is 4.11. The predicted octanol–water partition coefficient (Wildman–Crippen LogP) is 10.8. The van der Waals surface area contributed by atoms with Crippen LogP contribution in [-0.4, -0.2) is 14.1 Å². The van der Waals surface area contributed by atoms with E-state index in [-0.39, 0.29) is 0 Å². The third-order valence-corrected chi connectivity index (χ3v) is 8.78. The van der Waals surface area contributed by atoms with E-state index in [0.29, 0.717) is 0 Å². The lowest BCUT2D eigenvalue weighted by Gasteiger charge is -2.10. The van der Waals surface area contributed by atoms with Crippen LogP contribution in [0.4, 0.5) is 0 Å². The molecule has 0 aliphatic heterocycles. The minimum atomic E-state index is 0.781. The van der Waals surface area contributed by atoms with Gasteiger partial charge in [-0.25, -0.2) is 0 Å². The van der Waals surface area contributed by atoms with E-state index in [0.717, 1.165) is 18.4 Å². The van der Waals surface area contributed by atoms with Gasteiger partial charge in [-0.15, -0.1) is 6.58 Å². The molecule has 0 radical (unpaired) electrons. The molecule has 0 spiro atoms. The van der Waals surface area contributed by atoms with Gasteiger partial charge in [-0.1, -0.05) is 72.8 Å². The number of hydrogen-bond acceptors (Lipinski definition) is 0. The summed E-state index contributed by atoms with van der Waals surface area (Å²) in [6.07, 6.45) is 10.3. The Labute approximate surface area is 263 Å². The fourth-order valence-corrected chi connectivity index (χ4v) is 6.59. The van der Waals surface area contributed by atoms with E-state index in [1.165, 1.54) is 66.5 Å². The van der Waals surface area contributed by atoms with Gasteiger partial charge in [0.05, 0.1) is 11.0 Å². The van der Waals surface area contributed by atoms with E-state index in [9.17, 15) is 0 Å². The summed E-state index contributed by atoms with van der Waals surface area (Å²) in [5.41, 5.74) is 12.1. The summed E-state index contributed by atoms with van der Waals surface area (Å²) in [6.45, 7) is 4.11. The zero-order chi connectivity index (χ0) is 30.2. The Kier molecular flexibility index (Phi) is 6.77. The van der Waals surface area contributed by atoms with Crippen molar-refractivity contribution in [1.82, 2.24) is 14.1 Å². The molecule has 0 aliphatic carbocycles. The van der Waals surface area contributed by atoms with E-state index in [1.807, 2.05) is 6.08 Å². The molecule has 8 aromatic rings. The molecule has 3 nitrogen and oxygen atoms in total. The van der Waals surface area contributed by atoms with Crippen LogP contribution in [0.25, 0.3) is 55.7 Å². The van der Waals surface area contributed by atoms with Crippen molar-refractivity contribution in [3.63, 3.8) is 0 Å². The molecule has 3 heterocycles. The second-order valence-corrected chi connectivity index (χ2v) is 11.6. The number of para-hydroxylation sites is 3. The Morgan fingerprint density at radius 3 is 1.96 bits per heavy atom. The second-order valence-electron chi connectivity index (χ2n) is 11.6.